The van der Waals surface area contributed by atoms with Gasteiger partial charge in [0.1, 0.15) is 12.6 Å². The minimum atomic E-state index is -0.318. The third-order valence-electron chi connectivity index (χ3n) is 4.89. The van der Waals surface area contributed by atoms with Crippen molar-refractivity contribution in [3.05, 3.63) is 0 Å². The summed E-state index contributed by atoms with van der Waals surface area (Å²) in [5, 5.41) is 0. The second kappa shape index (κ2) is 3.95. The van der Waals surface area contributed by atoms with Gasteiger partial charge in [0.2, 0.25) is 11.8 Å². The van der Waals surface area contributed by atoms with Crippen LogP contribution in [0.15, 0.2) is 0 Å². The largest absolute Gasteiger partial charge is 0.376 e. The fourth-order valence-electron chi connectivity index (χ4n) is 3.42. The molecule has 3 unspecified atom stereocenters. The van der Waals surface area contributed by atoms with Crippen LogP contribution in [-0.4, -0.2) is 59.0 Å². The Morgan fingerprint density at radius 3 is 2.83 bits per heavy atom. The Labute approximate surface area is 107 Å². The third kappa shape index (κ3) is 1.49. The molecule has 3 heterocycles. The summed E-state index contributed by atoms with van der Waals surface area (Å²) in [4.78, 5) is 28.2. The van der Waals surface area contributed by atoms with Gasteiger partial charge in [-0.25, -0.2) is 0 Å². The minimum absolute atomic E-state index is 0.00204. The molecule has 0 bridgehead atoms. The summed E-state index contributed by atoms with van der Waals surface area (Å²) in [5.41, 5.74) is -0.318. The summed E-state index contributed by atoms with van der Waals surface area (Å²) >= 11 is 0. The highest BCUT2D eigenvalue weighted by Gasteiger charge is 2.51. The molecule has 0 N–H and O–H groups in total. The topological polar surface area (TPSA) is 49.9 Å². The lowest BCUT2D eigenvalue weighted by Crippen LogP contribution is -2.65. The molecule has 0 saturated carbocycles. The van der Waals surface area contributed by atoms with Gasteiger partial charge in [-0.1, -0.05) is 0 Å². The lowest BCUT2D eigenvalue weighted by molar-refractivity contribution is -0.161. The lowest BCUT2D eigenvalue weighted by Gasteiger charge is -2.46. The second-order valence-corrected chi connectivity index (χ2v) is 5.79. The average molecular weight is 252 g/mol. The molecule has 3 aliphatic rings. The Morgan fingerprint density at radius 1 is 1.39 bits per heavy atom. The summed E-state index contributed by atoms with van der Waals surface area (Å²) in [6.45, 7) is 5.67. The molecule has 3 saturated heterocycles. The molecular formula is C13H20N2O3. The Hall–Kier alpha value is -1.10. The van der Waals surface area contributed by atoms with Gasteiger partial charge in [0.15, 0.2) is 0 Å². The number of hydrogen-bond acceptors (Lipinski definition) is 3. The number of fused-ring (bicyclic) bond motifs is 1. The first kappa shape index (κ1) is 12.0. The number of amides is 2. The van der Waals surface area contributed by atoms with E-state index in [1.807, 2.05) is 13.8 Å². The first-order chi connectivity index (χ1) is 8.54. The van der Waals surface area contributed by atoms with E-state index in [0.717, 1.165) is 25.8 Å². The van der Waals surface area contributed by atoms with Crippen LogP contribution in [0.1, 0.15) is 33.1 Å². The number of rotatable bonds is 1. The molecule has 0 aromatic heterocycles. The predicted molar refractivity (Wildman–Crippen MR) is 64.9 cm³/mol. The van der Waals surface area contributed by atoms with Crippen molar-refractivity contribution >= 4 is 11.8 Å². The van der Waals surface area contributed by atoms with Crippen molar-refractivity contribution in [3.63, 3.8) is 0 Å². The van der Waals surface area contributed by atoms with Crippen molar-refractivity contribution in [2.75, 3.05) is 19.7 Å². The number of nitrogens with zero attached hydrogens (tertiary/aromatic N) is 2. The smallest absolute Gasteiger partial charge is 0.246 e. The number of piperazine rings is 1. The van der Waals surface area contributed by atoms with Crippen LogP contribution in [0.2, 0.25) is 0 Å². The molecule has 0 aromatic carbocycles. The number of carbonyl (C=O) groups is 2. The highest BCUT2D eigenvalue weighted by Crippen LogP contribution is 2.36. The molecule has 3 atom stereocenters. The normalized spacial score (nSPS) is 40.6. The van der Waals surface area contributed by atoms with E-state index < -0.39 is 0 Å². The van der Waals surface area contributed by atoms with Gasteiger partial charge in [-0.05, 0) is 33.1 Å². The van der Waals surface area contributed by atoms with E-state index in [4.69, 9.17) is 4.74 Å². The molecule has 100 valence electrons. The molecule has 3 aliphatic heterocycles. The van der Waals surface area contributed by atoms with Gasteiger partial charge in [0.05, 0.1) is 11.6 Å². The van der Waals surface area contributed by atoms with Gasteiger partial charge in [0, 0.05) is 13.2 Å². The van der Waals surface area contributed by atoms with Gasteiger partial charge < -0.3 is 14.5 Å². The van der Waals surface area contributed by atoms with E-state index in [1.54, 1.807) is 9.80 Å². The van der Waals surface area contributed by atoms with Crippen LogP contribution in [-0.2, 0) is 14.3 Å². The second-order valence-electron chi connectivity index (χ2n) is 5.79. The van der Waals surface area contributed by atoms with Crippen LogP contribution in [0.3, 0.4) is 0 Å². The molecule has 0 aliphatic carbocycles. The maximum atomic E-state index is 12.6. The van der Waals surface area contributed by atoms with E-state index in [2.05, 4.69) is 0 Å². The monoisotopic (exact) mass is 252 g/mol. The van der Waals surface area contributed by atoms with Crippen LogP contribution >= 0.6 is 0 Å². The van der Waals surface area contributed by atoms with Crippen LogP contribution in [0.4, 0.5) is 0 Å². The number of carbonyl (C=O) groups excluding carboxylic acids is 2. The summed E-state index contributed by atoms with van der Waals surface area (Å²) in [6.07, 6.45) is 2.58. The maximum Gasteiger partial charge on any atom is 0.246 e. The quantitative estimate of drug-likeness (QED) is 0.678. The first-order valence-electron chi connectivity index (χ1n) is 6.76. The van der Waals surface area contributed by atoms with Crippen molar-refractivity contribution < 1.29 is 14.3 Å². The molecule has 0 radical (unpaired) electrons. The number of hydrogen-bond donors (Lipinski definition) is 0. The fraction of sp³-hybridized carbons (Fsp3) is 0.846. The molecule has 3 fully saturated rings. The Balaban J connectivity index is 1.89. The van der Waals surface area contributed by atoms with Crippen LogP contribution in [0.25, 0.3) is 0 Å². The first-order valence-corrected chi connectivity index (χ1v) is 6.76. The van der Waals surface area contributed by atoms with Crippen molar-refractivity contribution in [1.29, 1.82) is 0 Å². The van der Waals surface area contributed by atoms with Crippen LogP contribution in [0, 0.1) is 0 Å². The molecule has 0 aromatic rings. The fourth-order valence-corrected chi connectivity index (χ4v) is 3.42. The Kier molecular flexibility index (Phi) is 2.62. The molecule has 18 heavy (non-hydrogen) atoms. The molecule has 5 heteroatoms. The Bertz CT molecular complexity index is 398. The van der Waals surface area contributed by atoms with E-state index in [1.165, 1.54) is 0 Å². The van der Waals surface area contributed by atoms with E-state index in [9.17, 15) is 9.59 Å². The van der Waals surface area contributed by atoms with Crippen molar-refractivity contribution in [3.8, 4) is 0 Å². The molecule has 5 nitrogen and oxygen atoms in total. The highest BCUT2D eigenvalue weighted by molar-refractivity contribution is 5.95. The number of ether oxygens (including phenoxy) is 1. The summed E-state index contributed by atoms with van der Waals surface area (Å²) in [5.74, 6) is 0.212. The molecular weight excluding hydrogens is 232 g/mol. The summed E-state index contributed by atoms with van der Waals surface area (Å²) in [7, 11) is 0. The zero-order valence-corrected chi connectivity index (χ0v) is 11.0. The third-order valence-corrected chi connectivity index (χ3v) is 4.89. The van der Waals surface area contributed by atoms with Gasteiger partial charge in [-0.15, -0.1) is 0 Å². The van der Waals surface area contributed by atoms with Gasteiger partial charge in [-0.2, -0.15) is 0 Å². The molecule has 3 rings (SSSR count). The van der Waals surface area contributed by atoms with Crippen molar-refractivity contribution in [2.45, 2.75) is 50.8 Å². The minimum Gasteiger partial charge on any atom is -0.376 e. The average Bonchev–Trinajstić information content (AvgIpc) is 2.93. The van der Waals surface area contributed by atoms with Crippen LogP contribution in [0.5, 0.6) is 0 Å². The zero-order valence-electron chi connectivity index (χ0n) is 11.0. The van der Waals surface area contributed by atoms with E-state index in [-0.39, 0.29) is 36.0 Å². The molecule has 0 spiro atoms. The van der Waals surface area contributed by atoms with E-state index in [0.29, 0.717) is 6.61 Å². The van der Waals surface area contributed by atoms with Gasteiger partial charge >= 0.3 is 0 Å². The van der Waals surface area contributed by atoms with Crippen molar-refractivity contribution in [2.24, 2.45) is 0 Å². The zero-order chi connectivity index (χ0) is 12.9. The van der Waals surface area contributed by atoms with E-state index >= 15 is 0 Å². The Morgan fingerprint density at radius 2 is 2.17 bits per heavy atom. The molecule has 2 amide bonds. The standard InChI is InChI=1S/C13H20N2O3/c1-9-13(2,5-7-18-9)15-8-11(16)14-6-3-4-10(14)12(15)17/h9-10H,3-8H2,1-2H3. The van der Waals surface area contributed by atoms with Crippen LogP contribution < -0.4 is 0 Å². The maximum absolute atomic E-state index is 12.6. The summed E-state index contributed by atoms with van der Waals surface area (Å²) in [6, 6.07) is -0.212. The van der Waals surface area contributed by atoms with Crippen molar-refractivity contribution in [1.82, 2.24) is 9.80 Å². The van der Waals surface area contributed by atoms with Gasteiger partial charge in [-0.3, -0.25) is 9.59 Å². The van der Waals surface area contributed by atoms with Gasteiger partial charge in [0.25, 0.3) is 0 Å². The lowest BCUT2D eigenvalue weighted by atomic mass is 9.90. The SMILES string of the molecule is CC1OCCC1(C)N1CC(=O)N2CCCC2C1=O. The summed E-state index contributed by atoms with van der Waals surface area (Å²) < 4.78 is 5.60. The highest BCUT2D eigenvalue weighted by atomic mass is 16.5. The predicted octanol–water partition coefficient (Wildman–Crippen LogP) is 0.387.